The molecule has 1 aliphatic rings. The maximum absolute atomic E-state index is 6.28. The monoisotopic (exact) mass is 281 g/mol. The van der Waals surface area contributed by atoms with Gasteiger partial charge in [0.25, 0.3) is 0 Å². The molecule has 0 amide bonds. The van der Waals surface area contributed by atoms with Crippen molar-refractivity contribution in [3.63, 3.8) is 0 Å². The van der Waals surface area contributed by atoms with Gasteiger partial charge in [-0.05, 0) is 50.9 Å². The van der Waals surface area contributed by atoms with Crippen molar-refractivity contribution in [3.05, 3.63) is 77.9 Å². The lowest BCUT2D eigenvalue weighted by atomic mass is 9.95. The first-order chi connectivity index (χ1) is 10.8. The summed E-state index contributed by atoms with van der Waals surface area (Å²) in [5.41, 5.74) is 12.7. The fourth-order valence-corrected chi connectivity index (χ4v) is 3.87. The van der Waals surface area contributed by atoms with Gasteiger partial charge in [0.15, 0.2) is 0 Å². The van der Waals surface area contributed by atoms with E-state index in [2.05, 4.69) is 66.7 Å². The van der Waals surface area contributed by atoms with E-state index in [4.69, 9.17) is 5.73 Å². The van der Waals surface area contributed by atoms with Gasteiger partial charge in [-0.3, -0.25) is 0 Å². The highest BCUT2D eigenvalue weighted by molar-refractivity contribution is 6.08. The molecule has 1 aliphatic carbocycles. The Labute approximate surface area is 129 Å². The molecule has 0 heterocycles. The van der Waals surface area contributed by atoms with Crippen molar-refractivity contribution in [2.24, 2.45) is 0 Å². The second-order valence-electron chi connectivity index (χ2n) is 6.04. The molecule has 0 aliphatic heterocycles. The van der Waals surface area contributed by atoms with Gasteiger partial charge in [0, 0.05) is 11.1 Å². The molecular weight excluding hydrogens is 266 g/mol. The SMILES string of the molecule is Nc1cc2c(c3ccccc13)-c1ccc3ccccc3c1C2. The number of nitrogen functional groups attached to an aromatic ring is 1. The fraction of sp³-hybridized carbons (Fsp3) is 0.0476. The molecule has 1 nitrogen and oxygen atoms in total. The average Bonchev–Trinajstić information content (AvgIpc) is 2.94. The van der Waals surface area contributed by atoms with Crippen LogP contribution in [0.2, 0.25) is 0 Å². The van der Waals surface area contributed by atoms with Gasteiger partial charge >= 0.3 is 0 Å². The lowest BCUT2D eigenvalue weighted by Crippen LogP contribution is -1.91. The Morgan fingerprint density at radius 1 is 0.727 bits per heavy atom. The molecule has 0 aromatic heterocycles. The summed E-state index contributed by atoms with van der Waals surface area (Å²) in [6.07, 6.45) is 0.973. The molecule has 0 spiro atoms. The van der Waals surface area contributed by atoms with E-state index >= 15 is 0 Å². The zero-order chi connectivity index (χ0) is 14.7. The maximum atomic E-state index is 6.28. The van der Waals surface area contributed by atoms with Crippen LogP contribution in [0.3, 0.4) is 0 Å². The van der Waals surface area contributed by atoms with Crippen LogP contribution in [0.15, 0.2) is 66.7 Å². The molecular formula is C21H15N. The predicted octanol–water partition coefficient (Wildman–Crippen LogP) is 5.15. The van der Waals surface area contributed by atoms with E-state index in [0.717, 1.165) is 17.5 Å². The molecule has 0 bridgehead atoms. The van der Waals surface area contributed by atoms with Crippen molar-refractivity contribution in [1.29, 1.82) is 0 Å². The summed E-state index contributed by atoms with van der Waals surface area (Å²) < 4.78 is 0. The highest BCUT2D eigenvalue weighted by atomic mass is 14.6. The quantitative estimate of drug-likeness (QED) is 0.390. The van der Waals surface area contributed by atoms with Crippen LogP contribution in [0.5, 0.6) is 0 Å². The Hall–Kier alpha value is -2.80. The normalized spacial score (nSPS) is 12.5. The zero-order valence-corrected chi connectivity index (χ0v) is 12.1. The molecule has 5 rings (SSSR count). The van der Waals surface area contributed by atoms with Crippen LogP contribution in [0.25, 0.3) is 32.7 Å². The second-order valence-corrected chi connectivity index (χ2v) is 6.04. The molecule has 104 valence electrons. The van der Waals surface area contributed by atoms with E-state index < -0.39 is 0 Å². The van der Waals surface area contributed by atoms with Crippen LogP contribution in [0.1, 0.15) is 11.1 Å². The van der Waals surface area contributed by atoms with Gasteiger partial charge in [-0.2, -0.15) is 0 Å². The van der Waals surface area contributed by atoms with Crippen LogP contribution in [0.4, 0.5) is 5.69 Å². The summed E-state index contributed by atoms with van der Waals surface area (Å²) in [4.78, 5) is 0. The molecule has 2 N–H and O–H groups in total. The van der Waals surface area contributed by atoms with E-state index in [-0.39, 0.29) is 0 Å². The van der Waals surface area contributed by atoms with Crippen molar-refractivity contribution < 1.29 is 0 Å². The van der Waals surface area contributed by atoms with Gasteiger partial charge in [-0.25, -0.2) is 0 Å². The molecule has 0 unspecified atom stereocenters. The number of benzene rings is 4. The van der Waals surface area contributed by atoms with Crippen molar-refractivity contribution in [3.8, 4) is 11.1 Å². The lowest BCUT2D eigenvalue weighted by Gasteiger charge is -2.10. The number of anilines is 1. The topological polar surface area (TPSA) is 26.0 Å². The molecule has 0 atom stereocenters. The first-order valence-electron chi connectivity index (χ1n) is 7.64. The molecule has 0 fully saturated rings. The summed E-state index contributed by atoms with van der Waals surface area (Å²) in [5, 5.41) is 5.10. The van der Waals surface area contributed by atoms with Crippen molar-refractivity contribution in [2.75, 3.05) is 5.73 Å². The van der Waals surface area contributed by atoms with Gasteiger partial charge in [0.05, 0.1) is 0 Å². The minimum atomic E-state index is 0.881. The Kier molecular flexibility index (Phi) is 2.21. The van der Waals surface area contributed by atoms with Gasteiger partial charge < -0.3 is 5.73 Å². The number of fused-ring (bicyclic) bond motifs is 7. The molecule has 1 heteroatoms. The van der Waals surface area contributed by atoms with E-state index in [1.807, 2.05) is 0 Å². The van der Waals surface area contributed by atoms with E-state index in [9.17, 15) is 0 Å². The smallest absolute Gasteiger partial charge is 0.0397 e. The van der Waals surface area contributed by atoms with Crippen molar-refractivity contribution in [2.45, 2.75) is 6.42 Å². The van der Waals surface area contributed by atoms with E-state index in [0.29, 0.717) is 0 Å². The minimum absolute atomic E-state index is 0.881. The first-order valence-corrected chi connectivity index (χ1v) is 7.64. The largest absolute Gasteiger partial charge is 0.398 e. The summed E-state index contributed by atoms with van der Waals surface area (Å²) in [7, 11) is 0. The minimum Gasteiger partial charge on any atom is -0.398 e. The first kappa shape index (κ1) is 11.8. The van der Waals surface area contributed by atoms with Gasteiger partial charge in [-0.15, -0.1) is 0 Å². The highest BCUT2D eigenvalue weighted by Crippen LogP contribution is 2.45. The molecule has 4 aromatic carbocycles. The van der Waals surface area contributed by atoms with Gasteiger partial charge in [-0.1, -0.05) is 60.7 Å². The summed E-state index contributed by atoms with van der Waals surface area (Å²) in [6, 6.07) is 23.8. The van der Waals surface area contributed by atoms with Crippen LogP contribution >= 0.6 is 0 Å². The Bertz CT molecular complexity index is 1060. The van der Waals surface area contributed by atoms with Crippen LogP contribution < -0.4 is 5.73 Å². The van der Waals surface area contributed by atoms with Gasteiger partial charge in [0.2, 0.25) is 0 Å². The Morgan fingerprint density at radius 2 is 1.45 bits per heavy atom. The molecule has 0 radical (unpaired) electrons. The van der Waals surface area contributed by atoms with Crippen LogP contribution in [0, 0.1) is 0 Å². The Balaban J connectivity index is 1.94. The van der Waals surface area contributed by atoms with Crippen molar-refractivity contribution >= 4 is 27.2 Å². The second kappa shape index (κ2) is 4.11. The molecule has 22 heavy (non-hydrogen) atoms. The van der Waals surface area contributed by atoms with E-state index in [1.54, 1.807) is 0 Å². The highest BCUT2D eigenvalue weighted by Gasteiger charge is 2.23. The van der Waals surface area contributed by atoms with Gasteiger partial charge in [0.1, 0.15) is 0 Å². The number of rotatable bonds is 0. The fourth-order valence-electron chi connectivity index (χ4n) is 3.87. The molecule has 4 aromatic rings. The lowest BCUT2D eigenvalue weighted by molar-refractivity contribution is 1.29. The number of hydrogen-bond acceptors (Lipinski definition) is 1. The summed E-state index contributed by atoms with van der Waals surface area (Å²) in [6.45, 7) is 0. The third-order valence-electron chi connectivity index (χ3n) is 4.84. The Morgan fingerprint density at radius 3 is 2.32 bits per heavy atom. The third-order valence-corrected chi connectivity index (χ3v) is 4.84. The number of nitrogens with two attached hydrogens (primary N) is 1. The maximum Gasteiger partial charge on any atom is 0.0397 e. The summed E-state index contributed by atoms with van der Waals surface area (Å²) in [5.74, 6) is 0. The van der Waals surface area contributed by atoms with Crippen LogP contribution in [-0.4, -0.2) is 0 Å². The number of hydrogen-bond donors (Lipinski definition) is 1. The summed E-state index contributed by atoms with van der Waals surface area (Å²) >= 11 is 0. The molecule has 0 saturated heterocycles. The van der Waals surface area contributed by atoms with Crippen LogP contribution in [-0.2, 0) is 6.42 Å². The molecule has 0 saturated carbocycles. The van der Waals surface area contributed by atoms with Crippen molar-refractivity contribution in [1.82, 2.24) is 0 Å². The third kappa shape index (κ3) is 1.43. The average molecular weight is 281 g/mol. The zero-order valence-electron chi connectivity index (χ0n) is 12.1. The predicted molar refractivity (Wildman–Crippen MR) is 94.1 cm³/mol. The standard InChI is InChI=1S/C21H15N/c22-20-12-14-11-19-15-6-2-1-5-13(15)9-10-18(19)21(14)17-8-4-3-7-16(17)20/h1-10,12H,11,22H2. The van der Waals surface area contributed by atoms with E-state index in [1.165, 1.54) is 38.4 Å².